The van der Waals surface area contributed by atoms with Gasteiger partial charge in [-0.15, -0.1) is 0 Å². The number of ether oxygens (including phenoxy) is 1. The molecule has 9 nitrogen and oxygen atoms in total. The third kappa shape index (κ3) is 5.21. The maximum absolute atomic E-state index is 12.4. The fraction of sp³-hybridized carbons (Fsp3) is 0.259. The van der Waals surface area contributed by atoms with Crippen LogP contribution in [0.3, 0.4) is 0 Å². The number of benzene rings is 2. The van der Waals surface area contributed by atoms with E-state index in [9.17, 15) is 4.79 Å². The average molecular weight is 484 g/mol. The monoisotopic (exact) mass is 483 g/mol. The third-order valence-corrected chi connectivity index (χ3v) is 6.02. The van der Waals surface area contributed by atoms with Gasteiger partial charge in [-0.2, -0.15) is 10.1 Å². The van der Waals surface area contributed by atoms with Crippen LogP contribution in [0.2, 0.25) is 0 Å². The Kier molecular flexibility index (Phi) is 6.64. The predicted molar refractivity (Wildman–Crippen MR) is 142 cm³/mol. The van der Waals surface area contributed by atoms with Crippen molar-refractivity contribution in [3.63, 3.8) is 0 Å². The van der Waals surface area contributed by atoms with Gasteiger partial charge >= 0.3 is 0 Å². The van der Waals surface area contributed by atoms with Crippen LogP contribution in [0.25, 0.3) is 22.2 Å². The van der Waals surface area contributed by atoms with E-state index in [2.05, 4.69) is 33.5 Å². The number of hydrogen-bond donors (Lipinski definition) is 1. The lowest BCUT2D eigenvalue weighted by Gasteiger charge is -2.27. The number of anilines is 3. The summed E-state index contributed by atoms with van der Waals surface area (Å²) in [7, 11) is 5.70. The molecule has 0 aliphatic carbocycles. The number of hydrogen-bond acceptors (Lipinski definition) is 8. The smallest absolute Gasteiger partial charge is 0.228 e. The average Bonchev–Trinajstić information content (AvgIpc) is 3.28. The van der Waals surface area contributed by atoms with Crippen LogP contribution in [-0.2, 0) is 11.8 Å². The van der Waals surface area contributed by atoms with Crippen molar-refractivity contribution in [2.75, 3.05) is 50.6 Å². The maximum atomic E-state index is 12.4. The van der Waals surface area contributed by atoms with Crippen LogP contribution in [0.15, 0.2) is 67.0 Å². The molecule has 0 radical (unpaired) electrons. The number of allylic oxidation sites excluding steroid dienone is 1. The van der Waals surface area contributed by atoms with Crippen molar-refractivity contribution in [3.05, 3.63) is 72.6 Å². The molecule has 0 spiro atoms. The molecule has 0 atom stereocenters. The third-order valence-electron chi connectivity index (χ3n) is 6.02. The zero-order chi connectivity index (χ0) is 25.1. The van der Waals surface area contributed by atoms with Gasteiger partial charge in [0.05, 0.1) is 30.6 Å². The van der Waals surface area contributed by atoms with Crippen molar-refractivity contribution in [1.29, 1.82) is 0 Å². The molecule has 5 rings (SSSR count). The van der Waals surface area contributed by atoms with Crippen LogP contribution >= 0.6 is 0 Å². The van der Waals surface area contributed by atoms with Crippen LogP contribution in [0.1, 0.15) is 10.4 Å². The highest BCUT2D eigenvalue weighted by molar-refractivity contribution is 6.04. The molecule has 1 N–H and O–H groups in total. The van der Waals surface area contributed by atoms with Gasteiger partial charge in [-0.1, -0.05) is 12.1 Å². The van der Waals surface area contributed by atoms with E-state index in [0.717, 1.165) is 40.9 Å². The molecule has 0 unspecified atom stereocenters. The van der Waals surface area contributed by atoms with Crippen LogP contribution in [0, 0.1) is 0 Å². The summed E-state index contributed by atoms with van der Waals surface area (Å²) in [6.45, 7) is 2.77. The molecule has 9 heteroatoms. The van der Waals surface area contributed by atoms with E-state index >= 15 is 0 Å². The van der Waals surface area contributed by atoms with Gasteiger partial charge in [-0.05, 0) is 30.3 Å². The lowest BCUT2D eigenvalue weighted by molar-refractivity contribution is 0.104. The largest absolute Gasteiger partial charge is 0.383 e. The molecule has 1 aliphatic heterocycles. The van der Waals surface area contributed by atoms with E-state index in [1.54, 1.807) is 12.3 Å². The van der Waals surface area contributed by atoms with Gasteiger partial charge in [-0.25, -0.2) is 4.98 Å². The van der Waals surface area contributed by atoms with Gasteiger partial charge in [0.1, 0.15) is 5.82 Å². The predicted octanol–water partition coefficient (Wildman–Crippen LogP) is 3.87. The van der Waals surface area contributed by atoms with Crippen molar-refractivity contribution in [3.8, 4) is 11.3 Å². The summed E-state index contributed by atoms with van der Waals surface area (Å²) in [5.74, 6) is 1.29. The van der Waals surface area contributed by atoms with Gasteiger partial charge in [0.15, 0.2) is 5.78 Å². The number of aromatic nitrogens is 4. The van der Waals surface area contributed by atoms with E-state index in [4.69, 9.17) is 14.7 Å². The zero-order valence-corrected chi connectivity index (χ0v) is 20.7. The molecule has 36 heavy (non-hydrogen) atoms. The second-order valence-electron chi connectivity index (χ2n) is 8.93. The number of ketones is 1. The Morgan fingerprint density at radius 2 is 1.83 bits per heavy atom. The minimum atomic E-state index is -0.0419. The molecule has 3 heterocycles. The first-order valence-electron chi connectivity index (χ1n) is 11.9. The van der Waals surface area contributed by atoms with E-state index in [0.29, 0.717) is 30.5 Å². The summed E-state index contributed by atoms with van der Waals surface area (Å²) in [6, 6.07) is 15.5. The summed E-state index contributed by atoms with van der Waals surface area (Å²) in [4.78, 5) is 26.0. The minimum Gasteiger partial charge on any atom is -0.383 e. The molecule has 1 saturated heterocycles. The number of carbonyl (C=O) groups is 1. The van der Waals surface area contributed by atoms with E-state index in [1.165, 1.54) is 0 Å². The van der Waals surface area contributed by atoms with Crippen molar-refractivity contribution in [2.24, 2.45) is 7.05 Å². The first-order chi connectivity index (χ1) is 17.5. The second-order valence-corrected chi connectivity index (χ2v) is 8.93. The SMILES string of the molecule is CN(C)/C=C\C(=O)c1ccc(Nc2cc(-c3ccc4cnn(C)c4c3)nc(N3CCOCC3)n2)cc1. The highest BCUT2D eigenvalue weighted by Gasteiger charge is 2.17. The van der Waals surface area contributed by atoms with Gasteiger partial charge in [0, 0.05) is 74.8 Å². The Hall–Kier alpha value is -4.24. The quantitative estimate of drug-likeness (QED) is 0.313. The second kappa shape index (κ2) is 10.2. The molecule has 0 bridgehead atoms. The van der Waals surface area contributed by atoms with E-state index in [1.807, 2.05) is 67.3 Å². The standard InChI is InChI=1S/C27H29N7O2/c1-32(2)11-10-25(35)19-6-8-22(9-7-19)29-26-17-23(30-27(31-26)34-12-14-36-15-13-34)20-4-5-21-18-28-33(3)24(21)16-20/h4-11,16-18H,12-15H2,1-3H3,(H,29,30,31)/b11-10-. The molecular weight excluding hydrogens is 454 g/mol. The Bertz CT molecular complexity index is 1400. The number of aryl methyl sites for hydroxylation is 1. The van der Waals surface area contributed by atoms with Crippen LogP contribution in [-0.4, -0.2) is 70.8 Å². The molecule has 184 valence electrons. The summed E-state index contributed by atoms with van der Waals surface area (Å²) >= 11 is 0. The van der Waals surface area contributed by atoms with Crippen LogP contribution in [0.5, 0.6) is 0 Å². The maximum Gasteiger partial charge on any atom is 0.228 e. The van der Waals surface area contributed by atoms with Crippen molar-refractivity contribution in [1.82, 2.24) is 24.6 Å². The number of morpholine rings is 1. The highest BCUT2D eigenvalue weighted by Crippen LogP contribution is 2.28. The molecule has 2 aromatic heterocycles. The number of nitrogens with one attached hydrogen (secondary N) is 1. The fourth-order valence-corrected chi connectivity index (χ4v) is 4.03. The Labute approximate surface area is 210 Å². The summed E-state index contributed by atoms with van der Waals surface area (Å²) in [5.41, 5.74) is 4.30. The van der Waals surface area contributed by atoms with E-state index < -0.39 is 0 Å². The van der Waals surface area contributed by atoms with Crippen LogP contribution in [0.4, 0.5) is 17.5 Å². The number of fused-ring (bicyclic) bond motifs is 1. The molecule has 4 aromatic rings. The van der Waals surface area contributed by atoms with Crippen LogP contribution < -0.4 is 10.2 Å². The topological polar surface area (TPSA) is 88.4 Å². The Balaban J connectivity index is 1.46. The zero-order valence-electron chi connectivity index (χ0n) is 20.7. The fourth-order valence-electron chi connectivity index (χ4n) is 4.03. The normalized spacial score (nSPS) is 13.9. The van der Waals surface area contributed by atoms with Crippen molar-refractivity contribution in [2.45, 2.75) is 0 Å². The summed E-state index contributed by atoms with van der Waals surface area (Å²) < 4.78 is 7.38. The number of rotatable bonds is 7. The van der Waals surface area contributed by atoms with Gasteiger partial charge in [0.25, 0.3) is 0 Å². The van der Waals surface area contributed by atoms with Crippen molar-refractivity contribution >= 4 is 34.1 Å². The molecule has 0 amide bonds. The van der Waals surface area contributed by atoms with Crippen molar-refractivity contribution < 1.29 is 9.53 Å². The molecule has 2 aromatic carbocycles. The van der Waals surface area contributed by atoms with Gasteiger partial charge in [-0.3, -0.25) is 9.48 Å². The first-order valence-corrected chi connectivity index (χ1v) is 11.9. The molecule has 1 aliphatic rings. The summed E-state index contributed by atoms with van der Waals surface area (Å²) in [6.07, 6.45) is 5.16. The summed E-state index contributed by atoms with van der Waals surface area (Å²) in [5, 5.41) is 8.82. The van der Waals surface area contributed by atoms with Gasteiger partial charge in [0.2, 0.25) is 5.95 Å². The molecular formula is C27H29N7O2. The Morgan fingerprint density at radius 3 is 2.58 bits per heavy atom. The number of carbonyl (C=O) groups excluding carboxylic acids is 1. The van der Waals surface area contributed by atoms with Gasteiger partial charge < -0.3 is 19.9 Å². The molecule has 1 fully saturated rings. The highest BCUT2D eigenvalue weighted by atomic mass is 16.5. The molecule has 0 saturated carbocycles. The Morgan fingerprint density at radius 1 is 1.06 bits per heavy atom. The lowest BCUT2D eigenvalue weighted by Crippen LogP contribution is -2.37. The number of nitrogens with zero attached hydrogens (tertiary/aromatic N) is 6. The van der Waals surface area contributed by atoms with E-state index in [-0.39, 0.29) is 5.78 Å². The first kappa shape index (κ1) is 23.5. The lowest BCUT2D eigenvalue weighted by atomic mass is 10.1. The minimum absolute atomic E-state index is 0.0419.